The molecule has 6 heteroatoms. The van der Waals surface area contributed by atoms with Crippen molar-refractivity contribution in [3.05, 3.63) is 70.1 Å². The number of nitrogens with one attached hydrogen (secondary N) is 1. The molecule has 2 saturated heterocycles. The van der Waals surface area contributed by atoms with Gasteiger partial charge in [0.2, 0.25) is 11.5 Å². The molecule has 0 bridgehead atoms. The van der Waals surface area contributed by atoms with E-state index in [9.17, 15) is 14.4 Å². The first-order valence-electron chi connectivity index (χ1n) is 9.44. The van der Waals surface area contributed by atoms with Crippen molar-refractivity contribution in [3.8, 4) is 0 Å². The third kappa shape index (κ3) is 3.16. The standard InChI is InChI=1S/C21H23N3O3/c25-18-9-8-17(14-22-18)19(26)24-13-5-11-21(24)10-4-12-23(20(21)27)15-16-6-2-1-3-7-16/h1-3,6-9,14H,4-5,10-13,15H2,(H,22,25). The number of aromatic nitrogens is 1. The van der Waals surface area contributed by atoms with Gasteiger partial charge in [0.25, 0.3) is 5.91 Å². The zero-order chi connectivity index (χ0) is 18.9. The maximum absolute atomic E-state index is 13.4. The molecule has 2 fully saturated rings. The van der Waals surface area contributed by atoms with Gasteiger partial charge >= 0.3 is 0 Å². The summed E-state index contributed by atoms with van der Waals surface area (Å²) >= 11 is 0. The molecule has 0 radical (unpaired) electrons. The van der Waals surface area contributed by atoms with Crippen LogP contribution in [0, 0.1) is 0 Å². The van der Waals surface area contributed by atoms with E-state index >= 15 is 0 Å². The van der Waals surface area contributed by atoms with Crippen molar-refractivity contribution in [2.75, 3.05) is 13.1 Å². The van der Waals surface area contributed by atoms with Crippen LogP contribution in [0.2, 0.25) is 0 Å². The number of nitrogens with zero attached hydrogens (tertiary/aromatic N) is 2. The number of H-pyrrole nitrogens is 1. The van der Waals surface area contributed by atoms with Crippen LogP contribution in [0.4, 0.5) is 0 Å². The predicted octanol–water partition coefficient (Wildman–Crippen LogP) is 2.17. The number of rotatable bonds is 3. The van der Waals surface area contributed by atoms with Gasteiger partial charge in [-0.15, -0.1) is 0 Å². The fourth-order valence-corrected chi connectivity index (χ4v) is 4.38. The molecular weight excluding hydrogens is 342 g/mol. The number of aromatic amines is 1. The zero-order valence-corrected chi connectivity index (χ0v) is 15.2. The number of amides is 2. The molecular formula is C21H23N3O3. The number of likely N-dealkylation sites (tertiary alicyclic amines) is 2. The summed E-state index contributed by atoms with van der Waals surface area (Å²) in [5.41, 5.74) is 0.522. The molecule has 6 nitrogen and oxygen atoms in total. The summed E-state index contributed by atoms with van der Waals surface area (Å²) in [7, 11) is 0. The molecule has 1 aromatic heterocycles. The van der Waals surface area contributed by atoms with E-state index in [1.165, 1.54) is 18.3 Å². The largest absolute Gasteiger partial charge is 0.336 e. The van der Waals surface area contributed by atoms with E-state index in [1.807, 2.05) is 35.2 Å². The van der Waals surface area contributed by atoms with Gasteiger partial charge in [0.05, 0.1) is 5.56 Å². The van der Waals surface area contributed by atoms with E-state index in [-0.39, 0.29) is 17.4 Å². The van der Waals surface area contributed by atoms with Crippen LogP contribution in [0.25, 0.3) is 0 Å². The lowest BCUT2D eigenvalue weighted by Crippen LogP contribution is -2.61. The number of hydrogen-bond acceptors (Lipinski definition) is 3. The highest BCUT2D eigenvalue weighted by molar-refractivity contribution is 5.99. The van der Waals surface area contributed by atoms with Gasteiger partial charge in [-0.2, -0.15) is 0 Å². The van der Waals surface area contributed by atoms with Gasteiger partial charge in [0, 0.05) is 31.9 Å². The van der Waals surface area contributed by atoms with E-state index in [2.05, 4.69) is 4.98 Å². The molecule has 1 atom stereocenters. The fraction of sp³-hybridized carbons (Fsp3) is 0.381. The van der Waals surface area contributed by atoms with Gasteiger partial charge in [-0.3, -0.25) is 14.4 Å². The van der Waals surface area contributed by atoms with Gasteiger partial charge in [-0.25, -0.2) is 0 Å². The topological polar surface area (TPSA) is 73.5 Å². The number of pyridine rings is 1. The fourth-order valence-electron chi connectivity index (χ4n) is 4.38. The second-order valence-corrected chi connectivity index (χ2v) is 7.35. The Bertz CT molecular complexity index is 888. The van der Waals surface area contributed by atoms with Crippen LogP contribution in [0.15, 0.2) is 53.5 Å². The summed E-state index contributed by atoms with van der Waals surface area (Å²) in [5, 5.41) is 0. The molecule has 1 aromatic carbocycles. The molecule has 3 heterocycles. The molecule has 2 aliphatic rings. The van der Waals surface area contributed by atoms with Crippen LogP contribution in [0.5, 0.6) is 0 Å². The molecule has 2 aliphatic heterocycles. The highest BCUT2D eigenvalue weighted by atomic mass is 16.2. The van der Waals surface area contributed by atoms with Gasteiger partial charge in [0.15, 0.2) is 0 Å². The molecule has 2 aromatic rings. The molecule has 1 spiro atoms. The Morgan fingerprint density at radius 1 is 1.00 bits per heavy atom. The van der Waals surface area contributed by atoms with Gasteiger partial charge < -0.3 is 14.8 Å². The summed E-state index contributed by atoms with van der Waals surface area (Å²) in [6.45, 7) is 1.86. The summed E-state index contributed by atoms with van der Waals surface area (Å²) in [6.07, 6.45) is 4.54. The second kappa shape index (κ2) is 7.02. The van der Waals surface area contributed by atoms with E-state index in [0.717, 1.165) is 24.9 Å². The van der Waals surface area contributed by atoms with Crippen LogP contribution < -0.4 is 5.56 Å². The second-order valence-electron chi connectivity index (χ2n) is 7.35. The first-order valence-corrected chi connectivity index (χ1v) is 9.44. The number of benzene rings is 1. The first-order chi connectivity index (χ1) is 13.1. The van der Waals surface area contributed by atoms with Crippen LogP contribution in [0.1, 0.15) is 41.6 Å². The van der Waals surface area contributed by atoms with Gasteiger partial charge in [-0.1, -0.05) is 30.3 Å². The van der Waals surface area contributed by atoms with Gasteiger partial charge in [0.1, 0.15) is 5.54 Å². The van der Waals surface area contributed by atoms with Crippen molar-refractivity contribution in [2.24, 2.45) is 0 Å². The van der Waals surface area contributed by atoms with Crippen molar-refractivity contribution in [2.45, 2.75) is 37.8 Å². The molecule has 0 saturated carbocycles. The third-order valence-electron chi connectivity index (χ3n) is 5.69. The van der Waals surface area contributed by atoms with Crippen molar-refractivity contribution in [1.29, 1.82) is 0 Å². The SMILES string of the molecule is O=C(c1ccc(=O)[nH]c1)N1CCCC12CCCN(Cc1ccccc1)C2=O. The zero-order valence-electron chi connectivity index (χ0n) is 15.2. The Balaban J connectivity index is 1.59. The van der Waals surface area contributed by atoms with Crippen molar-refractivity contribution in [3.63, 3.8) is 0 Å². The molecule has 1 unspecified atom stereocenters. The minimum Gasteiger partial charge on any atom is -0.336 e. The molecule has 27 heavy (non-hydrogen) atoms. The molecule has 0 aliphatic carbocycles. The molecule has 1 N–H and O–H groups in total. The number of piperidine rings is 1. The maximum atomic E-state index is 13.4. The van der Waals surface area contributed by atoms with E-state index < -0.39 is 5.54 Å². The van der Waals surface area contributed by atoms with Crippen molar-refractivity contribution < 1.29 is 9.59 Å². The molecule has 2 amide bonds. The average Bonchev–Trinajstić information content (AvgIpc) is 3.11. The third-order valence-corrected chi connectivity index (χ3v) is 5.69. The molecule has 140 valence electrons. The maximum Gasteiger partial charge on any atom is 0.256 e. The van der Waals surface area contributed by atoms with Crippen LogP contribution in [-0.4, -0.2) is 45.2 Å². The lowest BCUT2D eigenvalue weighted by molar-refractivity contribution is -0.146. The smallest absolute Gasteiger partial charge is 0.256 e. The summed E-state index contributed by atoms with van der Waals surface area (Å²) in [4.78, 5) is 44.0. The van der Waals surface area contributed by atoms with E-state index in [0.29, 0.717) is 31.5 Å². The quantitative estimate of drug-likeness (QED) is 0.906. The monoisotopic (exact) mass is 365 g/mol. The Morgan fingerprint density at radius 3 is 2.44 bits per heavy atom. The Kier molecular flexibility index (Phi) is 4.56. The Hall–Kier alpha value is -2.89. The van der Waals surface area contributed by atoms with Crippen LogP contribution in [0.3, 0.4) is 0 Å². The Morgan fingerprint density at radius 2 is 1.74 bits per heavy atom. The van der Waals surface area contributed by atoms with Crippen molar-refractivity contribution >= 4 is 11.8 Å². The first kappa shape index (κ1) is 17.5. The van der Waals surface area contributed by atoms with Crippen molar-refractivity contribution in [1.82, 2.24) is 14.8 Å². The van der Waals surface area contributed by atoms with Gasteiger partial charge in [-0.05, 0) is 37.3 Å². The highest BCUT2D eigenvalue weighted by Crippen LogP contribution is 2.39. The number of carbonyl (C=O) groups is 2. The average molecular weight is 365 g/mol. The minimum absolute atomic E-state index is 0.0490. The highest BCUT2D eigenvalue weighted by Gasteiger charge is 2.52. The Labute approximate surface area is 157 Å². The van der Waals surface area contributed by atoms with Crippen LogP contribution >= 0.6 is 0 Å². The summed E-state index contributed by atoms with van der Waals surface area (Å²) < 4.78 is 0. The lowest BCUT2D eigenvalue weighted by Gasteiger charge is -2.44. The van der Waals surface area contributed by atoms with E-state index in [1.54, 1.807) is 4.90 Å². The van der Waals surface area contributed by atoms with E-state index in [4.69, 9.17) is 0 Å². The number of carbonyl (C=O) groups excluding carboxylic acids is 2. The minimum atomic E-state index is -0.750. The lowest BCUT2D eigenvalue weighted by atomic mass is 9.85. The predicted molar refractivity (Wildman–Crippen MR) is 101 cm³/mol. The number of hydrogen-bond donors (Lipinski definition) is 1. The van der Waals surface area contributed by atoms with Crippen LogP contribution in [-0.2, 0) is 11.3 Å². The normalized spacial score (nSPS) is 22.4. The summed E-state index contributed by atoms with van der Waals surface area (Å²) in [5.74, 6) is -0.133. The molecule has 4 rings (SSSR count). The summed E-state index contributed by atoms with van der Waals surface area (Å²) in [6, 6.07) is 12.8.